The van der Waals surface area contributed by atoms with Crippen molar-refractivity contribution >= 4 is 15.9 Å². The van der Waals surface area contributed by atoms with Gasteiger partial charge < -0.3 is 14.6 Å². The molecule has 1 N–H and O–H groups in total. The van der Waals surface area contributed by atoms with Gasteiger partial charge in [-0.25, -0.2) is 4.39 Å². The maximum Gasteiger partial charge on any atom is 0.161 e. The van der Waals surface area contributed by atoms with E-state index < -0.39 is 6.10 Å². The average Bonchev–Trinajstić information content (AvgIpc) is 2.43. The molecule has 0 spiro atoms. The van der Waals surface area contributed by atoms with Crippen molar-refractivity contribution in [2.24, 2.45) is 0 Å². The molecule has 5 heteroatoms. The molecule has 0 fully saturated rings. The summed E-state index contributed by atoms with van der Waals surface area (Å²) in [5.41, 5.74) is 1.45. The minimum absolute atomic E-state index is 0.223. The van der Waals surface area contributed by atoms with Crippen molar-refractivity contribution in [2.45, 2.75) is 19.6 Å². The number of hydrogen-bond donors (Lipinski definition) is 1. The second-order valence-electron chi connectivity index (χ2n) is 4.65. The summed E-state index contributed by atoms with van der Waals surface area (Å²) in [6, 6.07) is 9.82. The van der Waals surface area contributed by atoms with Crippen molar-refractivity contribution in [2.75, 3.05) is 7.11 Å². The highest BCUT2D eigenvalue weighted by molar-refractivity contribution is 9.10. The van der Waals surface area contributed by atoms with E-state index in [2.05, 4.69) is 15.9 Å². The Labute approximate surface area is 131 Å². The minimum Gasteiger partial charge on any atom is -0.493 e. The second kappa shape index (κ2) is 6.91. The fourth-order valence-corrected chi connectivity index (χ4v) is 2.43. The first-order chi connectivity index (χ1) is 9.99. The average molecular weight is 355 g/mol. The van der Waals surface area contributed by atoms with Crippen LogP contribution in [-0.2, 0) is 6.61 Å². The molecular formula is C16H16BrFO3. The van der Waals surface area contributed by atoms with Gasteiger partial charge in [-0.05, 0) is 48.4 Å². The lowest BCUT2D eigenvalue weighted by Gasteiger charge is -2.13. The molecule has 2 aromatic rings. The first-order valence-electron chi connectivity index (χ1n) is 6.43. The fraction of sp³-hybridized carbons (Fsp3) is 0.250. The minimum atomic E-state index is -0.577. The molecule has 0 radical (unpaired) electrons. The van der Waals surface area contributed by atoms with Crippen LogP contribution in [0.15, 0.2) is 40.9 Å². The van der Waals surface area contributed by atoms with E-state index in [-0.39, 0.29) is 12.4 Å². The zero-order valence-electron chi connectivity index (χ0n) is 11.8. The van der Waals surface area contributed by atoms with E-state index in [0.717, 1.165) is 5.56 Å². The molecule has 21 heavy (non-hydrogen) atoms. The number of hydrogen-bond acceptors (Lipinski definition) is 3. The van der Waals surface area contributed by atoms with Crippen molar-refractivity contribution in [3.63, 3.8) is 0 Å². The summed E-state index contributed by atoms with van der Waals surface area (Å²) in [5.74, 6) is 0.755. The first-order valence-corrected chi connectivity index (χ1v) is 7.22. The lowest BCUT2D eigenvalue weighted by molar-refractivity contribution is 0.198. The van der Waals surface area contributed by atoms with Crippen LogP contribution in [0, 0.1) is 5.82 Å². The third-order valence-corrected chi connectivity index (χ3v) is 3.44. The van der Waals surface area contributed by atoms with Crippen molar-refractivity contribution in [3.8, 4) is 11.5 Å². The SMILES string of the molecule is COc1cc(C(C)O)ccc1OCc1cc(F)cc(Br)c1. The summed E-state index contributed by atoms with van der Waals surface area (Å²) < 4.78 is 24.9. The maximum atomic E-state index is 13.3. The molecule has 112 valence electrons. The maximum absolute atomic E-state index is 13.3. The summed E-state index contributed by atoms with van der Waals surface area (Å²) in [7, 11) is 1.53. The van der Waals surface area contributed by atoms with Crippen LogP contribution >= 0.6 is 15.9 Å². The van der Waals surface area contributed by atoms with Gasteiger partial charge in [-0.2, -0.15) is 0 Å². The Bertz CT molecular complexity index is 609. The standard InChI is InChI=1S/C16H16BrFO3/c1-10(19)12-3-4-15(16(7-12)20-2)21-9-11-5-13(17)8-14(18)6-11/h3-8,10,19H,9H2,1-2H3. The monoisotopic (exact) mass is 354 g/mol. The zero-order valence-corrected chi connectivity index (χ0v) is 13.4. The third-order valence-electron chi connectivity index (χ3n) is 2.99. The second-order valence-corrected chi connectivity index (χ2v) is 5.57. The summed E-state index contributed by atoms with van der Waals surface area (Å²) in [4.78, 5) is 0. The Kier molecular flexibility index (Phi) is 5.20. The molecule has 2 aromatic carbocycles. The van der Waals surface area contributed by atoms with Gasteiger partial charge in [0.2, 0.25) is 0 Å². The predicted molar refractivity (Wildman–Crippen MR) is 82.1 cm³/mol. The Morgan fingerprint density at radius 2 is 1.95 bits per heavy atom. The molecule has 0 aromatic heterocycles. The highest BCUT2D eigenvalue weighted by Gasteiger charge is 2.09. The largest absolute Gasteiger partial charge is 0.493 e. The molecule has 1 unspecified atom stereocenters. The van der Waals surface area contributed by atoms with Crippen LogP contribution in [-0.4, -0.2) is 12.2 Å². The Morgan fingerprint density at radius 1 is 1.19 bits per heavy atom. The van der Waals surface area contributed by atoms with Crippen molar-refractivity contribution < 1.29 is 19.0 Å². The number of aliphatic hydroxyl groups is 1. The van der Waals surface area contributed by atoms with Crippen LogP contribution in [0.3, 0.4) is 0 Å². The molecule has 0 saturated heterocycles. The van der Waals surface area contributed by atoms with Crippen LogP contribution in [0.5, 0.6) is 11.5 Å². The van der Waals surface area contributed by atoms with Gasteiger partial charge in [-0.15, -0.1) is 0 Å². The molecule has 2 rings (SSSR count). The molecule has 1 atom stereocenters. The highest BCUT2D eigenvalue weighted by Crippen LogP contribution is 2.31. The van der Waals surface area contributed by atoms with E-state index in [0.29, 0.717) is 21.5 Å². The molecular weight excluding hydrogens is 339 g/mol. The van der Waals surface area contributed by atoms with Crippen molar-refractivity contribution in [1.29, 1.82) is 0 Å². The number of halogens is 2. The lowest BCUT2D eigenvalue weighted by Crippen LogP contribution is -2.00. The van der Waals surface area contributed by atoms with Gasteiger partial charge in [-0.3, -0.25) is 0 Å². The third kappa shape index (κ3) is 4.19. The van der Waals surface area contributed by atoms with E-state index in [1.54, 1.807) is 31.2 Å². The van der Waals surface area contributed by atoms with E-state index in [9.17, 15) is 9.50 Å². The van der Waals surface area contributed by atoms with Crippen molar-refractivity contribution in [1.82, 2.24) is 0 Å². The molecule has 0 aliphatic carbocycles. The molecule has 0 amide bonds. The Hall–Kier alpha value is -1.59. The van der Waals surface area contributed by atoms with Gasteiger partial charge in [0, 0.05) is 4.47 Å². The Balaban J connectivity index is 2.15. The lowest BCUT2D eigenvalue weighted by atomic mass is 10.1. The van der Waals surface area contributed by atoms with E-state index in [4.69, 9.17) is 9.47 Å². The molecule has 0 saturated carbocycles. The normalized spacial score (nSPS) is 12.0. The van der Waals surface area contributed by atoms with Crippen LogP contribution in [0.25, 0.3) is 0 Å². The molecule has 0 heterocycles. The summed E-state index contributed by atoms with van der Waals surface area (Å²) in [6.45, 7) is 1.90. The molecule has 0 aliphatic heterocycles. The van der Waals surface area contributed by atoms with Crippen LogP contribution in [0.2, 0.25) is 0 Å². The quantitative estimate of drug-likeness (QED) is 0.873. The number of aliphatic hydroxyl groups excluding tert-OH is 1. The Morgan fingerprint density at radius 3 is 2.57 bits per heavy atom. The van der Waals surface area contributed by atoms with Gasteiger partial charge in [0.1, 0.15) is 12.4 Å². The van der Waals surface area contributed by atoms with Crippen molar-refractivity contribution in [3.05, 3.63) is 57.8 Å². The summed E-state index contributed by atoms with van der Waals surface area (Å²) in [6.07, 6.45) is -0.577. The first kappa shape index (κ1) is 15.8. The summed E-state index contributed by atoms with van der Waals surface area (Å²) >= 11 is 3.24. The van der Waals surface area contributed by atoms with E-state index >= 15 is 0 Å². The van der Waals surface area contributed by atoms with Gasteiger partial charge in [0.05, 0.1) is 13.2 Å². The highest BCUT2D eigenvalue weighted by atomic mass is 79.9. The van der Waals surface area contributed by atoms with Crippen LogP contribution < -0.4 is 9.47 Å². The summed E-state index contributed by atoms with van der Waals surface area (Å²) in [5, 5.41) is 9.56. The molecule has 0 aliphatic rings. The van der Waals surface area contributed by atoms with Gasteiger partial charge in [0.25, 0.3) is 0 Å². The van der Waals surface area contributed by atoms with E-state index in [1.807, 2.05) is 0 Å². The predicted octanol–water partition coefficient (Wildman–Crippen LogP) is 4.23. The smallest absolute Gasteiger partial charge is 0.161 e. The zero-order chi connectivity index (χ0) is 15.4. The molecule has 3 nitrogen and oxygen atoms in total. The number of ether oxygens (including phenoxy) is 2. The van der Waals surface area contributed by atoms with Gasteiger partial charge in [0.15, 0.2) is 11.5 Å². The number of benzene rings is 2. The number of rotatable bonds is 5. The molecule has 0 bridgehead atoms. The number of methoxy groups -OCH3 is 1. The van der Waals surface area contributed by atoms with Gasteiger partial charge >= 0.3 is 0 Å². The van der Waals surface area contributed by atoms with Gasteiger partial charge in [-0.1, -0.05) is 22.0 Å². The topological polar surface area (TPSA) is 38.7 Å². The van der Waals surface area contributed by atoms with Crippen LogP contribution in [0.1, 0.15) is 24.2 Å². The van der Waals surface area contributed by atoms with Crippen LogP contribution in [0.4, 0.5) is 4.39 Å². The fourth-order valence-electron chi connectivity index (χ4n) is 1.92. The van der Waals surface area contributed by atoms with E-state index in [1.165, 1.54) is 19.2 Å².